The summed E-state index contributed by atoms with van der Waals surface area (Å²) in [6, 6.07) is 6.45. The molecule has 0 amide bonds. The molecule has 0 unspecified atom stereocenters. The zero-order valence-corrected chi connectivity index (χ0v) is 11.1. The van der Waals surface area contributed by atoms with Crippen molar-refractivity contribution >= 4 is 16.7 Å². The maximum atomic E-state index is 5.85. The van der Waals surface area contributed by atoms with Gasteiger partial charge in [0.05, 0.1) is 17.4 Å². The second-order valence-electron chi connectivity index (χ2n) is 5.59. The number of hydrogen-bond acceptors (Lipinski definition) is 3. The van der Waals surface area contributed by atoms with E-state index in [-0.39, 0.29) is 0 Å². The van der Waals surface area contributed by atoms with E-state index < -0.39 is 0 Å². The Balaban J connectivity index is 1.85. The Hall–Kier alpha value is -1.55. The first kappa shape index (κ1) is 11.5. The van der Waals surface area contributed by atoms with Crippen LogP contribution < -0.4 is 10.6 Å². The molecule has 1 heterocycles. The van der Waals surface area contributed by atoms with Gasteiger partial charge in [-0.25, -0.2) is 4.98 Å². The third-order valence-corrected chi connectivity index (χ3v) is 4.11. The molecule has 1 aliphatic carbocycles. The van der Waals surface area contributed by atoms with Crippen LogP contribution in [0.1, 0.15) is 12.8 Å². The van der Waals surface area contributed by atoms with E-state index in [0.29, 0.717) is 5.41 Å². The van der Waals surface area contributed by atoms with E-state index in [1.54, 1.807) is 0 Å². The average molecular weight is 244 g/mol. The predicted molar refractivity (Wildman–Crippen MR) is 74.7 cm³/mol. The summed E-state index contributed by atoms with van der Waals surface area (Å²) in [7, 11) is 4.16. The summed E-state index contributed by atoms with van der Waals surface area (Å²) in [5.74, 6) is 0. The van der Waals surface area contributed by atoms with Crippen LogP contribution in [-0.2, 0) is 7.05 Å². The minimum Gasteiger partial charge on any atom is -0.374 e. The quantitative estimate of drug-likeness (QED) is 0.891. The van der Waals surface area contributed by atoms with E-state index in [1.807, 2.05) is 17.9 Å². The van der Waals surface area contributed by atoms with Crippen molar-refractivity contribution in [1.29, 1.82) is 0 Å². The number of rotatable bonds is 4. The molecule has 0 spiro atoms. The zero-order chi connectivity index (χ0) is 12.8. The summed E-state index contributed by atoms with van der Waals surface area (Å²) in [5.41, 5.74) is 9.67. The Labute approximate surface area is 107 Å². The molecule has 1 fully saturated rings. The summed E-state index contributed by atoms with van der Waals surface area (Å²) in [4.78, 5) is 6.70. The molecule has 0 radical (unpaired) electrons. The average Bonchev–Trinajstić information content (AvgIpc) is 3.06. The van der Waals surface area contributed by atoms with Crippen LogP contribution in [0.5, 0.6) is 0 Å². The Kier molecular flexibility index (Phi) is 2.55. The Morgan fingerprint density at radius 2 is 2.22 bits per heavy atom. The zero-order valence-electron chi connectivity index (χ0n) is 11.1. The predicted octanol–water partition coefficient (Wildman–Crippen LogP) is 1.75. The summed E-state index contributed by atoms with van der Waals surface area (Å²) >= 11 is 0. The van der Waals surface area contributed by atoms with Crippen molar-refractivity contribution in [3.05, 3.63) is 24.5 Å². The number of imidazole rings is 1. The highest BCUT2D eigenvalue weighted by Gasteiger charge is 2.42. The van der Waals surface area contributed by atoms with Crippen molar-refractivity contribution in [1.82, 2.24) is 9.55 Å². The van der Waals surface area contributed by atoms with E-state index in [2.05, 4.69) is 35.1 Å². The topological polar surface area (TPSA) is 47.1 Å². The van der Waals surface area contributed by atoms with Crippen LogP contribution in [0, 0.1) is 5.41 Å². The molecule has 0 atom stereocenters. The van der Waals surface area contributed by atoms with E-state index >= 15 is 0 Å². The van der Waals surface area contributed by atoms with Crippen molar-refractivity contribution in [2.45, 2.75) is 12.8 Å². The van der Waals surface area contributed by atoms with Gasteiger partial charge in [-0.15, -0.1) is 0 Å². The van der Waals surface area contributed by atoms with Crippen LogP contribution in [0.15, 0.2) is 24.5 Å². The lowest BCUT2D eigenvalue weighted by Gasteiger charge is -2.24. The molecule has 4 heteroatoms. The summed E-state index contributed by atoms with van der Waals surface area (Å²) < 4.78 is 2.04. The molecule has 96 valence electrons. The lowest BCUT2D eigenvalue weighted by Crippen LogP contribution is -2.31. The largest absolute Gasteiger partial charge is 0.374 e. The van der Waals surface area contributed by atoms with Crippen molar-refractivity contribution in [3.63, 3.8) is 0 Å². The van der Waals surface area contributed by atoms with Gasteiger partial charge in [0.15, 0.2) is 0 Å². The third-order valence-electron chi connectivity index (χ3n) is 4.11. The SMILES string of the molecule is CN(CC1(CN)CC1)c1ccc2c(c1)ncn2C. The van der Waals surface area contributed by atoms with Crippen LogP contribution >= 0.6 is 0 Å². The van der Waals surface area contributed by atoms with Gasteiger partial charge in [0.25, 0.3) is 0 Å². The van der Waals surface area contributed by atoms with Gasteiger partial charge in [-0.05, 0) is 37.6 Å². The Morgan fingerprint density at radius 3 is 2.89 bits per heavy atom. The molecule has 0 saturated heterocycles. The normalized spacial score (nSPS) is 17.1. The fraction of sp³-hybridized carbons (Fsp3) is 0.500. The minimum absolute atomic E-state index is 0.369. The van der Waals surface area contributed by atoms with Crippen LogP contribution in [0.4, 0.5) is 5.69 Å². The fourth-order valence-electron chi connectivity index (χ4n) is 2.56. The first-order valence-electron chi connectivity index (χ1n) is 6.46. The van der Waals surface area contributed by atoms with Crippen molar-refractivity contribution in [2.24, 2.45) is 18.2 Å². The van der Waals surface area contributed by atoms with Gasteiger partial charge in [0.2, 0.25) is 0 Å². The number of aromatic nitrogens is 2. The van der Waals surface area contributed by atoms with Gasteiger partial charge < -0.3 is 15.2 Å². The van der Waals surface area contributed by atoms with Crippen LogP contribution in [0.25, 0.3) is 11.0 Å². The van der Waals surface area contributed by atoms with Crippen molar-refractivity contribution < 1.29 is 0 Å². The number of fused-ring (bicyclic) bond motifs is 1. The van der Waals surface area contributed by atoms with Gasteiger partial charge in [-0.1, -0.05) is 0 Å². The molecule has 1 saturated carbocycles. The van der Waals surface area contributed by atoms with Gasteiger partial charge in [0, 0.05) is 31.7 Å². The molecule has 1 aromatic heterocycles. The van der Waals surface area contributed by atoms with E-state index in [9.17, 15) is 0 Å². The number of hydrogen-bond donors (Lipinski definition) is 1. The third kappa shape index (κ3) is 1.86. The Morgan fingerprint density at radius 1 is 1.44 bits per heavy atom. The van der Waals surface area contributed by atoms with Crippen molar-refractivity contribution in [2.75, 3.05) is 25.0 Å². The molecular formula is C14H20N4. The first-order valence-corrected chi connectivity index (χ1v) is 6.46. The molecular weight excluding hydrogens is 224 g/mol. The van der Waals surface area contributed by atoms with E-state index in [1.165, 1.54) is 24.0 Å². The minimum atomic E-state index is 0.369. The maximum absolute atomic E-state index is 5.85. The molecule has 4 nitrogen and oxygen atoms in total. The Bertz CT molecular complexity index is 568. The maximum Gasteiger partial charge on any atom is 0.0955 e. The molecule has 0 bridgehead atoms. The molecule has 2 N–H and O–H groups in total. The monoisotopic (exact) mass is 244 g/mol. The lowest BCUT2D eigenvalue weighted by molar-refractivity contribution is 0.523. The summed E-state index contributed by atoms with van der Waals surface area (Å²) in [5, 5.41) is 0. The van der Waals surface area contributed by atoms with Gasteiger partial charge in [-0.3, -0.25) is 0 Å². The van der Waals surface area contributed by atoms with Crippen molar-refractivity contribution in [3.8, 4) is 0 Å². The van der Waals surface area contributed by atoms with Crippen LogP contribution in [0.2, 0.25) is 0 Å². The summed E-state index contributed by atoms with van der Waals surface area (Å²) in [6.07, 6.45) is 4.38. The number of benzene rings is 1. The van der Waals surface area contributed by atoms with Gasteiger partial charge in [-0.2, -0.15) is 0 Å². The molecule has 0 aliphatic heterocycles. The van der Waals surface area contributed by atoms with E-state index in [0.717, 1.165) is 18.6 Å². The highest BCUT2D eigenvalue weighted by atomic mass is 15.1. The molecule has 2 aromatic rings. The number of nitrogens with zero attached hydrogens (tertiary/aromatic N) is 3. The number of nitrogens with two attached hydrogens (primary N) is 1. The smallest absolute Gasteiger partial charge is 0.0955 e. The van der Waals surface area contributed by atoms with E-state index in [4.69, 9.17) is 5.73 Å². The van der Waals surface area contributed by atoms with Crippen LogP contribution in [-0.4, -0.2) is 29.7 Å². The van der Waals surface area contributed by atoms with Crippen LogP contribution in [0.3, 0.4) is 0 Å². The molecule has 1 aliphatic rings. The number of aryl methyl sites for hydroxylation is 1. The van der Waals surface area contributed by atoms with Gasteiger partial charge >= 0.3 is 0 Å². The number of anilines is 1. The molecule has 1 aromatic carbocycles. The fourth-order valence-corrected chi connectivity index (χ4v) is 2.56. The second-order valence-corrected chi connectivity index (χ2v) is 5.59. The standard InChI is InChI=1S/C14H20N4/c1-17(9-14(8-15)5-6-14)11-3-4-13-12(7-11)16-10-18(13)2/h3-4,7,10H,5-6,8-9,15H2,1-2H3. The molecule has 18 heavy (non-hydrogen) atoms. The van der Waals surface area contributed by atoms with Gasteiger partial charge in [0.1, 0.15) is 0 Å². The highest BCUT2D eigenvalue weighted by Crippen LogP contribution is 2.45. The summed E-state index contributed by atoms with van der Waals surface area (Å²) in [6.45, 7) is 1.84. The highest BCUT2D eigenvalue weighted by molar-refractivity contribution is 5.79. The second kappa shape index (κ2) is 3.99. The first-order chi connectivity index (χ1) is 8.63. The lowest BCUT2D eigenvalue weighted by atomic mass is 10.1. The molecule has 3 rings (SSSR count).